The molecule has 2 aromatic rings. The van der Waals surface area contributed by atoms with Crippen LogP contribution in [0, 0.1) is 5.92 Å². The highest BCUT2D eigenvalue weighted by molar-refractivity contribution is 7.90. The van der Waals surface area contributed by atoms with Gasteiger partial charge >= 0.3 is 0 Å². The number of benzene rings is 1. The third kappa shape index (κ3) is 5.34. The lowest BCUT2D eigenvalue weighted by molar-refractivity contribution is 0.227. The smallest absolute Gasteiger partial charge is 0.224 e. The maximum absolute atomic E-state index is 11.8. The van der Waals surface area contributed by atoms with Crippen LogP contribution in [0.4, 0.5) is 11.5 Å². The summed E-state index contributed by atoms with van der Waals surface area (Å²) < 4.78 is 23.6. The van der Waals surface area contributed by atoms with Gasteiger partial charge in [0.25, 0.3) is 0 Å². The van der Waals surface area contributed by atoms with E-state index in [2.05, 4.69) is 38.9 Å². The average Bonchev–Trinajstić information content (AvgIpc) is 2.67. The van der Waals surface area contributed by atoms with Crippen LogP contribution < -0.4 is 10.2 Å². The summed E-state index contributed by atoms with van der Waals surface area (Å²) in [7, 11) is -3.28. The number of piperazine rings is 1. The number of nitrogens with one attached hydrogen (secondary N) is 1. The summed E-state index contributed by atoms with van der Waals surface area (Å²) in [6.45, 7) is 6.50. The Morgan fingerprint density at radius 2 is 2.07 bits per heavy atom. The van der Waals surface area contributed by atoms with Crippen LogP contribution in [0.25, 0.3) is 0 Å². The summed E-state index contributed by atoms with van der Waals surface area (Å²) in [5.41, 5.74) is 0.658. The van der Waals surface area contributed by atoms with Gasteiger partial charge in [-0.3, -0.25) is 0 Å². The van der Waals surface area contributed by atoms with Crippen LogP contribution >= 0.6 is 23.8 Å². The maximum Gasteiger partial charge on any atom is 0.224 e. The molecule has 1 aliphatic heterocycles. The van der Waals surface area contributed by atoms with Gasteiger partial charge in [0.05, 0.1) is 10.9 Å². The molecule has 1 N–H and O–H groups in total. The molecular weight excluding hydrogens is 430 g/mol. The van der Waals surface area contributed by atoms with Crippen molar-refractivity contribution in [3.05, 3.63) is 41.8 Å². The van der Waals surface area contributed by atoms with Crippen LogP contribution in [0.15, 0.2) is 41.4 Å². The van der Waals surface area contributed by atoms with Crippen molar-refractivity contribution < 1.29 is 8.42 Å². The molecule has 1 atom stereocenters. The van der Waals surface area contributed by atoms with Gasteiger partial charge in [-0.15, -0.1) is 0 Å². The summed E-state index contributed by atoms with van der Waals surface area (Å²) in [6.07, 6.45) is 2.85. The first-order chi connectivity index (χ1) is 13.6. The Hall–Kier alpha value is -1.97. The summed E-state index contributed by atoms with van der Waals surface area (Å²) in [5.74, 6) is 1.15. The number of aromatic nitrogens is 2. The molecule has 1 saturated heterocycles. The average molecular weight is 454 g/mol. The first kappa shape index (κ1) is 21.7. The predicted molar refractivity (Wildman–Crippen MR) is 120 cm³/mol. The van der Waals surface area contributed by atoms with Gasteiger partial charge in [-0.2, -0.15) is 0 Å². The third-order valence-corrected chi connectivity index (χ3v) is 6.53. The van der Waals surface area contributed by atoms with E-state index < -0.39 is 9.84 Å². The highest BCUT2D eigenvalue weighted by Crippen LogP contribution is 2.23. The number of anilines is 2. The summed E-state index contributed by atoms with van der Waals surface area (Å²) in [4.78, 5) is 12.9. The van der Waals surface area contributed by atoms with Crippen molar-refractivity contribution in [3.63, 3.8) is 0 Å². The zero-order valence-corrected chi connectivity index (χ0v) is 18.9. The van der Waals surface area contributed by atoms with E-state index in [1.54, 1.807) is 24.4 Å². The van der Waals surface area contributed by atoms with Gasteiger partial charge in [-0.05, 0) is 54.0 Å². The van der Waals surface area contributed by atoms with E-state index >= 15 is 0 Å². The SMILES string of the molecule is CC(C)C1CN(c2ccnc(Cl)n2)CCN1C(=S)Nc1cccc(S(C)(=O)=O)c1. The summed E-state index contributed by atoms with van der Waals surface area (Å²) >= 11 is 11.6. The fourth-order valence-electron chi connectivity index (χ4n) is 3.34. The number of hydrogen-bond acceptors (Lipinski definition) is 6. The number of hydrogen-bond donors (Lipinski definition) is 1. The van der Waals surface area contributed by atoms with Crippen LogP contribution in [0.2, 0.25) is 5.28 Å². The number of halogens is 1. The van der Waals surface area contributed by atoms with Gasteiger partial charge in [0.15, 0.2) is 14.9 Å². The maximum atomic E-state index is 11.8. The number of sulfone groups is 1. The highest BCUT2D eigenvalue weighted by atomic mass is 35.5. The van der Waals surface area contributed by atoms with E-state index in [-0.39, 0.29) is 16.2 Å². The van der Waals surface area contributed by atoms with Gasteiger partial charge in [-0.25, -0.2) is 18.4 Å². The number of thiocarbonyl (C=S) groups is 1. The van der Waals surface area contributed by atoms with E-state index in [1.807, 2.05) is 12.1 Å². The molecule has 2 heterocycles. The monoisotopic (exact) mass is 453 g/mol. The van der Waals surface area contributed by atoms with Gasteiger partial charge in [0.2, 0.25) is 5.28 Å². The van der Waals surface area contributed by atoms with Crippen LogP contribution in [-0.2, 0) is 9.84 Å². The largest absolute Gasteiger partial charge is 0.353 e. The van der Waals surface area contributed by atoms with E-state index in [1.165, 1.54) is 6.26 Å². The standard InChI is InChI=1S/C19H24ClN5O2S2/c1-13(2)16-12-24(17-7-8-21-18(20)23-17)9-10-25(16)19(28)22-14-5-4-6-15(11-14)29(3,26)27/h4-8,11,13,16H,9-10,12H2,1-3H3,(H,22,28). The zero-order valence-electron chi connectivity index (χ0n) is 16.5. The Labute approximate surface area is 182 Å². The molecule has 0 aliphatic carbocycles. The molecule has 1 unspecified atom stereocenters. The molecule has 0 amide bonds. The molecule has 7 nitrogen and oxygen atoms in total. The normalized spacial score (nSPS) is 17.5. The van der Waals surface area contributed by atoms with Crippen molar-refractivity contribution in [2.45, 2.75) is 24.8 Å². The summed E-state index contributed by atoms with van der Waals surface area (Å²) in [5, 5.41) is 4.01. The van der Waals surface area contributed by atoms with E-state index in [0.29, 0.717) is 23.3 Å². The molecule has 10 heteroatoms. The van der Waals surface area contributed by atoms with E-state index in [9.17, 15) is 8.42 Å². The van der Waals surface area contributed by atoms with Crippen molar-refractivity contribution in [2.24, 2.45) is 5.92 Å². The lowest BCUT2D eigenvalue weighted by Crippen LogP contribution is -2.58. The molecule has 1 aromatic carbocycles. The van der Waals surface area contributed by atoms with Crippen LogP contribution in [0.5, 0.6) is 0 Å². The molecule has 0 radical (unpaired) electrons. The molecular formula is C19H24ClN5O2S2. The first-order valence-corrected chi connectivity index (χ1v) is 11.9. The van der Waals surface area contributed by atoms with Gasteiger partial charge in [0, 0.05) is 37.8 Å². The molecule has 29 heavy (non-hydrogen) atoms. The van der Waals surface area contributed by atoms with Gasteiger partial charge < -0.3 is 15.1 Å². The lowest BCUT2D eigenvalue weighted by atomic mass is 10.00. The second-order valence-electron chi connectivity index (χ2n) is 7.36. The van der Waals surface area contributed by atoms with E-state index in [4.69, 9.17) is 23.8 Å². The molecule has 0 saturated carbocycles. The number of nitrogens with zero attached hydrogens (tertiary/aromatic N) is 4. The zero-order chi connectivity index (χ0) is 21.2. The van der Waals surface area contributed by atoms with Crippen molar-refractivity contribution in [1.29, 1.82) is 0 Å². The van der Waals surface area contributed by atoms with Gasteiger partial charge in [0.1, 0.15) is 5.82 Å². The topological polar surface area (TPSA) is 78.4 Å². The molecule has 3 rings (SSSR count). The third-order valence-electron chi connectivity index (χ3n) is 4.90. The van der Waals surface area contributed by atoms with Crippen molar-refractivity contribution in [3.8, 4) is 0 Å². The molecule has 1 fully saturated rings. The second kappa shape index (κ2) is 8.81. The highest BCUT2D eigenvalue weighted by Gasteiger charge is 2.31. The van der Waals surface area contributed by atoms with Crippen molar-refractivity contribution in [2.75, 3.05) is 36.1 Å². The quantitative estimate of drug-likeness (QED) is 0.559. The van der Waals surface area contributed by atoms with Crippen LogP contribution in [-0.4, -0.2) is 60.3 Å². The van der Waals surface area contributed by atoms with E-state index in [0.717, 1.165) is 18.9 Å². The summed E-state index contributed by atoms with van der Waals surface area (Å²) in [6, 6.07) is 8.71. The fourth-order valence-corrected chi connectivity index (χ4v) is 4.50. The number of rotatable bonds is 4. The second-order valence-corrected chi connectivity index (χ2v) is 10.1. The Morgan fingerprint density at radius 1 is 1.31 bits per heavy atom. The molecule has 1 aliphatic rings. The predicted octanol–water partition coefficient (Wildman–Crippen LogP) is 3.08. The Balaban J connectivity index is 1.75. The lowest BCUT2D eigenvalue weighted by Gasteiger charge is -2.45. The van der Waals surface area contributed by atoms with Crippen LogP contribution in [0.3, 0.4) is 0 Å². The molecule has 0 bridgehead atoms. The minimum atomic E-state index is -3.28. The first-order valence-electron chi connectivity index (χ1n) is 9.26. The minimum Gasteiger partial charge on any atom is -0.353 e. The fraction of sp³-hybridized carbons (Fsp3) is 0.421. The Bertz CT molecular complexity index is 1000. The Kier molecular flexibility index (Phi) is 6.60. The molecule has 1 aromatic heterocycles. The molecule has 0 spiro atoms. The Morgan fingerprint density at radius 3 is 2.72 bits per heavy atom. The van der Waals surface area contributed by atoms with Crippen LogP contribution in [0.1, 0.15) is 13.8 Å². The minimum absolute atomic E-state index is 0.163. The molecule has 156 valence electrons. The van der Waals surface area contributed by atoms with Gasteiger partial charge in [-0.1, -0.05) is 19.9 Å². The van der Waals surface area contributed by atoms with Crippen molar-refractivity contribution in [1.82, 2.24) is 14.9 Å². The van der Waals surface area contributed by atoms with Crippen molar-refractivity contribution >= 4 is 50.3 Å².